The van der Waals surface area contributed by atoms with Gasteiger partial charge in [0.25, 0.3) is 0 Å². The number of nitrogens with zero attached hydrogens (tertiary/aromatic N) is 5. The Hall–Kier alpha value is -11.0. The zero-order chi connectivity index (χ0) is 71.5. The van der Waals surface area contributed by atoms with Crippen LogP contribution in [0.2, 0.25) is 20.1 Å². The zero-order valence-corrected chi connectivity index (χ0v) is 54.1. The minimum absolute atomic E-state index is 0.0376. The molecule has 506 valence electrons. The molecule has 0 atom stereocenters. The van der Waals surface area contributed by atoms with E-state index >= 15 is 4.39 Å². The van der Waals surface area contributed by atoms with E-state index in [2.05, 4.69) is 49.1 Å². The molecule has 11 N–H and O–H groups in total. The minimum atomic E-state index is -1.08. The predicted molar refractivity (Wildman–Crippen MR) is 353 cm³/mol. The van der Waals surface area contributed by atoms with E-state index in [1.807, 2.05) is 6.92 Å². The molecule has 0 aliphatic heterocycles. The molecule has 0 aliphatic carbocycles. The summed E-state index contributed by atoms with van der Waals surface area (Å²) in [7, 11) is 3.32. The molecule has 0 bridgehead atoms. The maximum absolute atomic E-state index is 15.1. The number of pyridine rings is 4. The molecule has 12 rings (SSSR count). The fraction of sp³-hybridized carbons (Fsp3) is 0.123. The van der Waals surface area contributed by atoms with Crippen molar-refractivity contribution in [3.63, 3.8) is 0 Å². The van der Waals surface area contributed by atoms with Crippen molar-refractivity contribution in [1.29, 1.82) is 0 Å². The first-order chi connectivity index (χ1) is 46.6. The van der Waals surface area contributed by atoms with E-state index in [1.165, 1.54) is 43.5 Å². The van der Waals surface area contributed by atoms with Crippen molar-refractivity contribution in [2.24, 2.45) is 0 Å². The monoisotopic (exact) mass is 1430 g/mol. The lowest BCUT2D eigenvalue weighted by Gasteiger charge is -2.12. The first kappa shape index (κ1) is 71.3. The Balaban J connectivity index is 0.000000153. The predicted octanol–water partition coefficient (Wildman–Crippen LogP) is 15.4. The van der Waals surface area contributed by atoms with Gasteiger partial charge in [0, 0.05) is 75.5 Å². The summed E-state index contributed by atoms with van der Waals surface area (Å²) in [5.74, 6) is -11.1. The Morgan fingerprint density at radius 3 is 1.02 bits per heavy atom. The van der Waals surface area contributed by atoms with E-state index in [0.29, 0.717) is 28.0 Å². The van der Waals surface area contributed by atoms with Gasteiger partial charge in [-0.1, -0.05) is 84.0 Å². The van der Waals surface area contributed by atoms with E-state index < -0.39 is 133 Å². The number of nitrogen functional groups attached to an aromatic ring is 4. The second-order valence-electron chi connectivity index (χ2n) is 20.5. The van der Waals surface area contributed by atoms with Crippen LogP contribution in [0.15, 0.2) is 97.6 Å². The van der Waals surface area contributed by atoms with E-state index in [1.54, 1.807) is 61.1 Å². The minimum Gasteiger partial charge on any atom is -0.464 e. The Morgan fingerprint density at radius 1 is 0.429 bits per heavy atom. The van der Waals surface area contributed by atoms with Crippen LogP contribution >= 0.6 is 46.4 Å². The number of carbonyl (C=O) groups excluding carboxylic acids is 5. The number of H-pyrrole nitrogens is 3. The lowest BCUT2D eigenvalue weighted by molar-refractivity contribution is 0.0491. The third-order valence-corrected chi connectivity index (χ3v) is 16.2. The number of aromatic amines is 3. The van der Waals surface area contributed by atoms with Gasteiger partial charge in [0.1, 0.15) is 22.8 Å². The number of unbranched alkanes of at least 4 members (excludes halogenated alkanes) is 1. The second kappa shape index (κ2) is 29.5. The highest BCUT2D eigenvalue weighted by atomic mass is 35.5. The van der Waals surface area contributed by atoms with Crippen LogP contribution in [-0.4, -0.2) is 97.2 Å². The van der Waals surface area contributed by atoms with Crippen LogP contribution in [0.3, 0.4) is 0 Å². The topological polar surface area (TPSA) is 330 Å². The summed E-state index contributed by atoms with van der Waals surface area (Å²) < 4.78 is 137. The SMILES string of the molecule is CCCCOC(=O)c1nc(-c2ccc3cc[nH]c3c2F)c(F)c(N)c1Cl.COC(=O)c1nc(-c2ccc3cc[nH]c3c2F)c(F)c(N)c1Cl.COC(=O)c1nc(-c2ccc3cc[nH]c3c2F)c(F)c(N)c1Cl.COC(=O)c1nc(-c2ccc3ccn(C(C)=O)c3c2F)c(F)c(N)c1Cl. The van der Waals surface area contributed by atoms with Crippen LogP contribution in [0.25, 0.3) is 88.6 Å². The van der Waals surface area contributed by atoms with Gasteiger partial charge >= 0.3 is 23.9 Å². The molecule has 0 amide bonds. The molecule has 98 heavy (non-hydrogen) atoms. The molecule has 8 heterocycles. The van der Waals surface area contributed by atoms with Gasteiger partial charge in [-0.25, -0.2) is 74.2 Å². The van der Waals surface area contributed by atoms with Crippen LogP contribution < -0.4 is 22.9 Å². The van der Waals surface area contributed by atoms with Crippen molar-refractivity contribution in [3.05, 3.63) is 187 Å². The molecule has 0 unspecified atom stereocenters. The fourth-order valence-corrected chi connectivity index (χ4v) is 10.4. The zero-order valence-electron chi connectivity index (χ0n) is 51.1. The Labute approximate surface area is 566 Å². The van der Waals surface area contributed by atoms with Crippen molar-refractivity contribution < 1.29 is 78.0 Å². The van der Waals surface area contributed by atoms with E-state index in [4.69, 9.17) is 74.1 Å². The highest BCUT2D eigenvalue weighted by molar-refractivity contribution is 6.37. The maximum atomic E-state index is 15.1. The van der Waals surface area contributed by atoms with Crippen LogP contribution in [0, 0.1) is 46.5 Å². The molecule has 8 aromatic heterocycles. The number of benzene rings is 4. The molecule has 0 aliphatic rings. The summed E-state index contributed by atoms with van der Waals surface area (Å²) in [6.07, 6.45) is 7.56. The second-order valence-corrected chi connectivity index (χ2v) is 22.1. The quantitative estimate of drug-likeness (QED) is 0.0274. The molecule has 33 heteroatoms. The molecule has 4 aromatic carbocycles. The van der Waals surface area contributed by atoms with Crippen molar-refractivity contribution in [2.45, 2.75) is 26.7 Å². The van der Waals surface area contributed by atoms with Gasteiger partial charge in [0.2, 0.25) is 5.91 Å². The lowest BCUT2D eigenvalue weighted by atomic mass is 10.1. The molecular formula is C65H48Cl4F8N12O9. The molecule has 12 aromatic rings. The lowest BCUT2D eigenvalue weighted by Crippen LogP contribution is -2.13. The van der Waals surface area contributed by atoms with Crippen LogP contribution in [0.5, 0.6) is 0 Å². The number of hydrogen-bond donors (Lipinski definition) is 7. The van der Waals surface area contributed by atoms with Gasteiger partial charge in [-0.2, -0.15) is 0 Å². The molecule has 21 nitrogen and oxygen atoms in total. The number of halogens is 12. The van der Waals surface area contributed by atoms with Gasteiger partial charge in [-0.15, -0.1) is 0 Å². The first-order valence-electron chi connectivity index (χ1n) is 28.2. The number of esters is 4. The molecule has 0 radical (unpaired) electrons. The molecule has 0 saturated carbocycles. The smallest absolute Gasteiger partial charge is 0.358 e. The summed E-state index contributed by atoms with van der Waals surface area (Å²) >= 11 is 23.4. The summed E-state index contributed by atoms with van der Waals surface area (Å²) in [4.78, 5) is 82.6. The summed E-state index contributed by atoms with van der Waals surface area (Å²) in [6.45, 7) is 3.37. The van der Waals surface area contributed by atoms with Gasteiger partial charge in [0.05, 0.1) is 92.8 Å². The van der Waals surface area contributed by atoms with Crippen LogP contribution in [-0.2, 0) is 18.9 Å². The maximum Gasteiger partial charge on any atom is 0.358 e. The highest BCUT2D eigenvalue weighted by Crippen LogP contribution is 2.40. The number of carbonyl (C=O) groups is 5. The summed E-state index contributed by atoms with van der Waals surface area (Å²) in [5.41, 5.74) is 16.9. The van der Waals surface area contributed by atoms with E-state index in [-0.39, 0.29) is 83.1 Å². The number of methoxy groups -OCH3 is 3. The van der Waals surface area contributed by atoms with Crippen molar-refractivity contribution in [3.8, 4) is 45.0 Å². The van der Waals surface area contributed by atoms with Crippen molar-refractivity contribution in [2.75, 3.05) is 50.9 Å². The standard InChI is InChI=1S/C18H16ClF2N3O2.C17H12ClF2N3O3.2C15H10ClF2N3O2/c1-2-3-8-26-18(25)17-11(19)14(22)13(21)16(24-17)10-5-4-9-6-7-23-15(9)12(10)20;1-7(24)23-6-5-8-3-4-9(11(19)16(8)23)14-12(20)13(21)10(18)15(22-14)17(25)26-2;2*1-23-15(22)14-8(16)11(19)10(18)13(21-14)7-3-2-6-4-5-20-12(6)9(7)17/h4-7,23H,2-3,8H2,1H3,(H2,22,24);3-6H,1-2H3,(H2,21,22);2*2-5,20H,1H3,(H2,19,21). The van der Waals surface area contributed by atoms with Crippen LogP contribution in [0.4, 0.5) is 57.9 Å². The van der Waals surface area contributed by atoms with Gasteiger partial charge < -0.3 is 56.8 Å². The molecule has 0 fully saturated rings. The normalized spacial score (nSPS) is 11.0. The van der Waals surface area contributed by atoms with Gasteiger partial charge in [-0.3, -0.25) is 9.36 Å². The van der Waals surface area contributed by atoms with E-state index in [0.717, 1.165) is 32.3 Å². The third-order valence-electron chi connectivity index (χ3n) is 14.7. The number of aromatic nitrogens is 8. The van der Waals surface area contributed by atoms with Gasteiger partial charge in [0.15, 0.2) is 69.3 Å². The Morgan fingerprint density at radius 2 is 0.724 bits per heavy atom. The third kappa shape index (κ3) is 13.5. The molecule has 0 saturated heterocycles. The first-order valence-corrected chi connectivity index (χ1v) is 29.7. The van der Waals surface area contributed by atoms with Crippen molar-refractivity contribution in [1.82, 2.24) is 39.5 Å². The largest absolute Gasteiger partial charge is 0.464 e. The van der Waals surface area contributed by atoms with Gasteiger partial charge in [-0.05, 0) is 55.0 Å². The average Bonchev–Trinajstić information content (AvgIpc) is 1.39. The number of rotatable bonds is 11. The molecule has 0 spiro atoms. The Bertz CT molecular complexity index is 5070. The van der Waals surface area contributed by atoms with Crippen molar-refractivity contribution >= 4 is 143 Å². The number of hydrogen-bond acceptors (Lipinski definition) is 17. The number of fused-ring (bicyclic) bond motifs is 4. The van der Waals surface area contributed by atoms with Crippen LogP contribution in [0.1, 0.15) is 73.4 Å². The number of anilines is 4. The number of nitrogens with two attached hydrogens (primary N) is 4. The summed E-state index contributed by atoms with van der Waals surface area (Å²) in [5, 5.41) is 0.757. The number of nitrogens with one attached hydrogen (secondary N) is 3. The average molecular weight is 1430 g/mol. The highest BCUT2D eigenvalue weighted by Gasteiger charge is 2.30. The number of ether oxygens (including phenoxy) is 4. The fourth-order valence-electron chi connectivity index (χ4n) is 9.62. The Kier molecular flexibility index (Phi) is 21.5. The van der Waals surface area contributed by atoms with E-state index in [9.17, 15) is 54.7 Å². The molecular weight excluding hydrogens is 1390 g/mol. The summed E-state index contributed by atoms with van der Waals surface area (Å²) in [6, 6.07) is 18.2.